The molecule has 2 N–H and O–H groups in total. The molecule has 92 valence electrons. The van der Waals surface area contributed by atoms with Gasteiger partial charge >= 0.3 is 5.76 Å². The number of aromatic nitrogens is 2. The molecule has 2 heterocycles. The van der Waals surface area contributed by atoms with Crippen LogP contribution in [-0.2, 0) is 6.61 Å². The Hall–Kier alpha value is -1.92. The Balaban J connectivity index is 2.18. The van der Waals surface area contributed by atoms with Crippen LogP contribution < -0.4 is 5.76 Å². The summed E-state index contributed by atoms with van der Waals surface area (Å²) < 4.78 is 4.95. The Kier molecular flexibility index (Phi) is 2.53. The molecule has 0 radical (unpaired) electrons. The number of fused-ring (bicyclic) bond motifs is 1. The van der Waals surface area contributed by atoms with Crippen LogP contribution in [0.5, 0.6) is 0 Å². The molecule has 0 bridgehead atoms. The quantitative estimate of drug-likeness (QED) is 0.740. The fraction of sp³-hybridized carbons (Fsp3) is 0.167. The van der Waals surface area contributed by atoms with Crippen molar-refractivity contribution in [2.75, 3.05) is 0 Å². The van der Waals surface area contributed by atoms with E-state index in [2.05, 4.69) is 9.97 Å². The molecule has 0 spiro atoms. The fourth-order valence-corrected chi connectivity index (χ4v) is 2.70. The average molecular weight is 262 g/mol. The molecule has 0 aliphatic rings. The summed E-state index contributed by atoms with van der Waals surface area (Å²) in [5.74, 6) is -0.465. The maximum atomic E-state index is 11.1. The topological polar surface area (TPSA) is 79.1 Å². The van der Waals surface area contributed by atoms with Crippen molar-refractivity contribution >= 4 is 22.4 Å². The van der Waals surface area contributed by atoms with E-state index in [9.17, 15) is 4.79 Å². The van der Waals surface area contributed by atoms with Crippen molar-refractivity contribution < 1.29 is 9.52 Å². The van der Waals surface area contributed by atoms with Crippen LogP contribution in [0.2, 0.25) is 0 Å². The highest BCUT2D eigenvalue weighted by Gasteiger charge is 2.11. The van der Waals surface area contributed by atoms with E-state index < -0.39 is 5.76 Å². The molecule has 0 saturated carbocycles. The molecule has 0 atom stereocenters. The molecular weight excluding hydrogens is 252 g/mol. The van der Waals surface area contributed by atoms with E-state index in [4.69, 9.17) is 9.52 Å². The normalized spacial score (nSPS) is 11.2. The predicted octanol–water partition coefficient (Wildman–Crippen LogP) is 2.05. The lowest BCUT2D eigenvalue weighted by Crippen LogP contribution is -1.92. The second-order valence-electron chi connectivity index (χ2n) is 3.90. The molecule has 0 fully saturated rings. The number of H-pyrrole nitrogens is 1. The highest BCUT2D eigenvalue weighted by molar-refractivity contribution is 7.12. The number of hydrogen-bond acceptors (Lipinski definition) is 5. The number of thiazole rings is 1. The van der Waals surface area contributed by atoms with Gasteiger partial charge in [-0.3, -0.25) is 4.98 Å². The Morgan fingerprint density at radius 1 is 1.50 bits per heavy atom. The van der Waals surface area contributed by atoms with Gasteiger partial charge in [0.2, 0.25) is 0 Å². The standard InChI is InChI=1S/C12H10N2O3S/c1-6-11(14-10(5-15)18-6)7-2-3-9-8(4-7)13-12(16)17-9/h2-4,15H,5H2,1H3,(H,13,16). The van der Waals surface area contributed by atoms with Gasteiger partial charge in [0.25, 0.3) is 0 Å². The molecule has 0 aliphatic heterocycles. The maximum absolute atomic E-state index is 11.1. The SMILES string of the molecule is Cc1sc(CO)nc1-c1ccc2oc(=O)[nH]c2c1. The van der Waals surface area contributed by atoms with Crippen LogP contribution in [0.3, 0.4) is 0 Å². The van der Waals surface area contributed by atoms with Crippen molar-refractivity contribution in [3.8, 4) is 11.3 Å². The second kappa shape index (κ2) is 4.08. The first-order valence-corrected chi connectivity index (χ1v) is 6.19. The predicted molar refractivity (Wildman–Crippen MR) is 68.6 cm³/mol. The van der Waals surface area contributed by atoms with Gasteiger partial charge in [0.15, 0.2) is 5.58 Å². The summed E-state index contributed by atoms with van der Waals surface area (Å²) in [4.78, 5) is 19.1. The summed E-state index contributed by atoms with van der Waals surface area (Å²) in [5, 5.41) is 9.77. The van der Waals surface area contributed by atoms with Crippen molar-refractivity contribution in [3.63, 3.8) is 0 Å². The van der Waals surface area contributed by atoms with Gasteiger partial charge in [-0.1, -0.05) is 0 Å². The third-order valence-corrected chi connectivity index (χ3v) is 3.62. The first-order chi connectivity index (χ1) is 8.67. The highest BCUT2D eigenvalue weighted by atomic mass is 32.1. The third kappa shape index (κ3) is 1.75. The lowest BCUT2D eigenvalue weighted by atomic mass is 10.1. The van der Waals surface area contributed by atoms with E-state index in [1.807, 2.05) is 19.1 Å². The Bertz CT molecular complexity index is 769. The number of aromatic amines is 1. The smallest absolute Gasteiger partial charge is 0.408 e. The Labute approximate surface area is 106 Å². The number of nitrogens with zero attached hydrogens (tertiary/aromatic N) is 1. The van der Waals surface area contributed by atoms with Gasteiger partial charge in [0.1, 0.15) is 5.01 Å². The molecule has 0 saturated heterocycles. The molecule has 3 aromatic rings. The minimum absolute atomic E-state index is 0.0592. The van der Waals surface area contributed by atoms with Gasteiger partial charge in [0.05, 0.1) is 17.8 Å². The van der Waals surface area contributed by atoms with E-state index in [0.717, 1.165) is 16.1 Å². The van der Waals surface area contributed by atoms with Gasteiger partial charge in [-0.2, -0.15) is 0 Å². The Morgan fingerprint density at radius 3 is 3.06 bits per heavy atom. The lowest BCUT2D eigenvalue weighted by molar-refractivity contribution is 0.281. The van der Waals surface area contributed by atoms with Crippen LogP contribution in [0.1, 0.15) is 9.88 Å². The summed E-state index contributed by atoms with van der Waals surface area (Å²) in [5.41, 5.74) is 2.90. The van der Waals surface area contributed by atoms with Crippen molar-refractivity contribution in [3.05, 3.63) is 38.6 Å². The molecule has 3 rings (SSSR count). The monoisotopic (exact) mass is 262 g/mol. The van der Waals surface area contributed by atoms with E-state index >= 15 is 0 Å². The Morgan fingerprint density at radius 2 is 2.33 bits per heavy atom. The number of hydrogen-bond donors (Lipinski definition) is 2. The zero-order valence-corrected chi connectivity index (χ0v) is 10.4. The minimum Gasteiger partial charge on any atom is -0.408 e. The summed E-state index contributed by atoms with van der Waals surface area (Å²) >= 11 is 1.46. The van der Waals surface area contributed by atoms with Crippen molar-refractivity contribution in [2.45, 2.75) is 13.5 Å². The molecule has 2 aromatic heterocycles. The van der Waals surface area contributed by atoms with Crippen LogP contribution in [0, 0.1) is 6.92 Å². The average Bonchev–Trinajstić information content (AvgIpc) is 2.89. The van der Waals surface area contributed by atoms with Gasteiger partial charge in [-0.15, -0.1) is 11.3 Å². The number of oxazole rings is 1. The van der Waals surface area contributed by atoms with E-state index in [-0.39, 0.29) is 6.61 Å². The molecule has 0 unspecified atom stereocenters. The summed E-state index contributed by atoms with van der Waals surface area (Å²) in [6.45, 7) is 1.89. The number of aliphatic hydroxyl groups excluding tert-OH is 1. The number of aliphatic hydroxyl groups is 1. The van der Waals surface area contributed by atoms with Crippen molar-refractivity contribution in [1.29, 1.82) is 0 Å². The van der Waals surface area contributed by atoms with Crippen LogP contribution in [0.25, 0.3) is 22.4 Å². The fourth-order valence-electron chi connectivity index (χ4n) is 1.89. The third-order valence-electron chi connectivity index (χ3n) is 2.67. The van der Waals surface area contributed by atoms with Crippen molar-refractivity contribution in [1.82, 2.24) is 9.97 Å². The van der Waals surface area contributed by atoms with Crippen LogP contribution in [0.15, 0.2) is 27.4 Å². The highest BCUT2D eigenvalue weighted by Crippen LogP contribution is 2.29. The number of rotatable bonds is 2. The molecule has 0 amide bonds. The molecular formula is C12H10N2O3S. The van der Waals surface area contributed by atoms with Gasteiger partial charge in [-0.25, -0.2) is 9.78 Å². The number of aryl methyl sites for hydroxylation is 1. The first kappa shape index (κ1) is 11.2. The largest absolute Gasteiger partial charge is 0.417 e. The molecule has 1 aromatic carbocycles. The molecule has 6 heteroatoms. The zero-order chi connectivity index (χ0) is 12.7. The number of nitrogens with one attached hydrogen (secondary N) is 1. The lowest BCUT2D eigenvalue weighted by Gasteiger charge is -1.98. The van der Waals surface area contributed by atoms with Crippen LogP contribution in [-0.4, -0.2) is 15.1 Å². The molecule has 18 heavy (non-hydrogen) atoms. The van der Waals surface area contributed by atoms with Gasteiger partial charge in [-0.05, 0) is 25.1 Å². The summed E-state index contributed by atoms with van der Waals surface area (Å²) in [6.07, 6.45) is 0. The van der Waals surface area contributed by atoms with Gasteiger partial charge in [0, 0.05) is 10.4 Å². The minimum atomic E-state index is -0.465. The maximum Gasteiger partial charge on any atom is 0.417 e. The molecule has 0 aliphatic carbocycles. The summed E-state index contributed by atoms with van der Waals surface area (Å²) in [6, 6.07) is 5.41. The van der Waals surface area contributed by atoms with E-state index in [1.165, 1.54) is 11.3 Å². The molecule has 5 nitrogen and oxygen atoms in total. The first-order valence-electron chi connectivity index (χ1n) is 5.38. The zero-order valence-electron chi connectivity index (χ0n) is 9.56. The van der Waals surface area contributed by atoms with Crippen LogP contribution in [0.4, 0.5) is 0 Å². The van der Waals surface area contributed by atoms with E-state index in [1.54, 1.807) is 6.07 Å². The van der Waals surface area contributed by atoms with Crippen LogP contribution >= 0.6 is 11.3 Å². The summed E-state index contributed by atoms with van der Waals surface area (Å²) in [7, 11) is 0. The van der Waals surface area contributed by atoms with Crippen molar-refractivity contribution in [2.24, 2.45) is 0 Å². The number of benzene rings is 1. The van der Waals surface area contributed by atoms with Gasteiger partial charge < -0.3 is 9.52 Å². The van der Waals surface area contributed by atoms with E-state index in [0.29, 0.717) is 16.1 Å². The second-order valence-corrected chi connectivity index (χ2v) is 5.18.